The minimum Gasteiger partial charge on any atom is -0.440 e. The van der Waals surface area contributed by atoms with Gasteiger partial charge in [-0.1, -0.05) is 44.4 Å². The van der Waals surface area contributed by atoms with Gasteiger partial charge in [-0.3, -0.25) is 14.9 Å². The van der Waals surface area contributed by atoms with E-state index in [2.05, 4.69) is 13.0 Å². The van der Waals surface area contributed by atoms with Gasteiger partial charge in [-0.25, -0.2) is 0 Å². The van der Waals surface area contributed by atoms with Crippen LogP contribution in [0.15, 0.2) is 53.9 Å². The summed E-state index contributed by atoms with van der Waals surface area (Å²) < 4.78 is 11.4. The molecule has 1 aliphatic carbocycles. The van der Waals surface area contributed by atoms with E-state index in [-0.39, 0.29) is 29.0 Å². The molecule has 2 N–H and O–H groups in total. The Hall–Kier alpha value is -3.86. The molecule has 8 nitrogen and oxygen atoms in total. The van der Waals surface area contributed by atoms with Crippen LogP contribution in [0.5, 0.6) is 11.5 Å². The second-order valence-electron chi connectivity index (χ2n) is 9.26. The Morgan fingerprint density at radius 1 is 1.23 bits per heavy atom. The maximum Gasteiger partial charge on any atom is 0.314 e. The van der Waals surface area contributed by atoms with Crippen molar-refractivity contribution in [1.82, 2.24) is 0 Å². The number of benzene rings is 2. The molecular formula is C27H29N3O5. The fraction of sp³-hybridized carbons (Fsp3) is 0.407. The summed E-state index contributed by atoms with van der Waals surface area (Å²) in [7, 11) is 0. The van der Waals surface area contributed by atoms with Crippen LogP contribution in [0.2, 0.25) is 0 Å². The van der Waals surface area contributed by atoms with Crippen LogP contribution in [0.1, 0.15) is 68.9 Å². The third kappa shape index (κ3) is 5.29. The zero-order valence-electron chi connectivity index (χ0n) is 19.7. The molecule has 1 heterocycles. The van der Waals surface area contributed by atoms with Crippen LogP contribution >= 0.6 is 0 Å². The summed E-state index contributed by atoms with van der Waals surface area (Å²) >= 11 is 0. The SMILES string of the molecule is CCCCC1CCC(C(=O)Oc2ccc3c(c2)OC(N)=C(C#N)C3c2cccc([N+](=O)[O-])c2)CC1. The molecule has 0 saturated heterocycles. The number of hydrogen-bond acceptors (Lipinski definition) is 7. The second kappa shape index (κ2) is 10.6. The Labute approximate surface area is 204 Å². The summed E-state index contributed by atoms with van der Waals surface area (Å²) in [4.78, 5) is 23.6. The second-order valence-corrected chi connectivity index (χ2v) is 9.26. The number of nitrogens with two attached hydrogens (primary N) is 1. The number of non-ortho nitro benzene ring substituents is 1. The highest BCUT2D eigenvalue weighted by atomic mass is 16.6. The average molecular weight is 476 g/mol. The topological polar surface area (TPSA) is 128 Å². The number of ether oxygens (including phenoxy) is 2. The highest BCUT2D eigenvalue weighted by Gasteiger charge is 2.32. The molecule has 0 aromatic heterocycles. The Kier molecular flexibility index (Phi) is 7.35. The predicted molar refractivity (Wildman–Crippen MR) is 129 cm³/mol. The molecule has 2 aliphatic rings. The van der Waals surface area contributed by atoms with Gasteiger partial charge < -0.3 is 15.2 Å². The van der Waals surface area contributed by atoms with Crippen molar-refractivity contribution < 1.29 is 19.2 Å². The quantitative estimate of drug-likeness (QED) is 0.235. The minimum absolute atomic E-state index is 0.0783. The lowest BCUT2D eigenvalue weighted by atomic mass is 9.80. The van der Waals surface area contributed by atoms with Crippen LogP contribution in [-0.4, -0.2) is 10.9 Å². The Morgan fingerprint density at radius 2 is 2.00 bits per heavy atom. The van der Waals surface area contributed by atoms with Crippen molar-refractivity contribution in [2.45, 2.75) is 57.8 Å². The number of allylic oxidation sites excluding steroid dienone is 1. The Balaban J connectivity index is 1.53. The molecule has 1 saturated carbocycles. The molecule has 1 unspecified atom stereocenters. The van der Waals surface area contributed by atoms with Gasteiger partial charge in [0.15, 0.2) is 0 Å². The van der Waals surface area contributed by atoms with Crippen LogP contribution in [0.25, 0.3) is 0 Å². The number of unbranched alkanes of at least 4 members (excludes halogenated alkanes) is 1. The van der Waals surface area contributed by atoms with E-state index < -0.39 is 10.8 Å². The lowest BCUT2D eigenvalue weighted by molar-refractivity contribution is -0.384. The van der Waals surface area contributed by atoms with Gasteiger partial charge in [-0.05, 0) is 43.2 Å². The zero-order chi connectivity index (χ0) is 24.9. The van der Waals surface area contributed by atoms with Crippen molar-refractivity contribution in [1.29, 1.82) is 5.26 Å². The molecule has 0 amide bonds. The molecule has 8 heteroatoms. The number of esters is 1. The van der Waals surface area contributed by atoms with E-state index in [0.717, 1.165) is 25.7 Å². The number of carbonyl (C=O) groups is 1. The zero-order valence-corrected chi connectivity index (χ0v) is 19.7. The van der Waals surface area contributed by atoms with Crippen molar-refractivity contribution in [3.8, 4) is 17.6 Å². The Bertz CT molecular complexity index is 1190. The summed E-state index contributed by atoms with van der Waals surface area (Å²) in [6.45, 7) is 2.20. The van der Waals surface area contributed by atoms with Gasteiger partial charge in [0, 0.05) is 23.8 Å². The molecule has 1 atom stereocenters. The standard InChI is InChI=1S/C27H29N3O5/c1-2-3-5-17-8-10-18(11-9-17)27(31)34-21-12-13-22-24(15-21)35-26(29)23(16-28)25(22)19-6-4-7-20(14-19)30(32)33/h4,6-7,12-15,17-18,25H,2-3,5,8-11,29H2,1H3. The van der Waals surface area contributed by atoms with Crippen molar-refractivity contribution >= 4 is 11.7 Å². The fourth-order valence-electron chi connectivity index (χ4n) is 5.04. The fourth-order valence-corrected chi connectivity index (χ4v) is 5.04. The summed E-state index contributed by atoms with van der Waals surface area (Å²) in [6.07, 6.45) is 7.44. The number of rotatable bonds is 7. The van der Waals surface area contributed by atoms with Gasteiger partial charge >= 0.3 is 5.97 Å². The first kappa shape index (κ1) is 24.3. The molecule has 4 rings (SSSR count). The van der Waals surface area contributed by atoms with E-state index in [0.29, 0.717) is 28.5 Å². The number of carbonyl (C=O) groups excluding carboxylic acids is 1. The van der Waals surface area contributed by atoms with Crippen LogP contribution in [0.4, 0.5) is 5.69 Å². The van der Waals surface area contributed by atoms with E-state index in [4.69, 9.17) is 15.2 Å². The first-order valence-corrected chi connectivity index (χ1v) is 12.1. The molecule has 1 fully saturated rings. The number of nitriles is 1. The molecule has 2 aromatic rings. The molecular weight excluding hydrogens is 446 g/mol. The van der Waals surface area contributed by atoms with Gasteiger partial charge in [-0.15, -0.1) is 0 Å². The summed E-state index contributed by atoms with van der Waals surface area (Å²) in [5.41, 5.74) is 7.29. The van der Waals surface area contributed by atoms with Crippen molar-refractivity contribution in [2.75, 3.05) is 0 Å². The predicted octanol–water partition coefficient (Wildman–Crippen LogP) is 5.71. The maximum absolute atomic E-state index is 12.8. The lowest BCUT2D eigenvalue weighted by Gasteiger charge is -2.28. The third-order valence-electron chi connectivity index (χ3n) is 6.97. The van der Waals surface area contributed by atoms with Gasteiger partial charge in [0.05, 0.1) is 16.8 Å². The monoisotopic (exact) mass is 475 g/mol. The van der Waals surface area contributed by atoms with Gasteiger partial charge in [0.25, 0.3) is 5.69 Å². The van der Waals surface area contributed by atoms with E-state index in [9.17, 15) is 20.2 Å². The van der Waals surface area contributed by atoms with Crippen LogP contribution in [0, 0.1) is 33.3 Å². The van der Waals surface area contributed by atoms with Crippen molar-refractivity contribution in [3.05, 3.63) is 75.2 Å². The van der Waals surface area contributed by atoms with E-state index >= 15 is 0 Å². The van der Waals surface area contributed by atoms with E-state index in [1.165, 1.54) is 31.4 Å². The molecule has 0 bridgehead atoms. The average Bonchev–Trinajstić information content (AvgIpc) is 2.86. The number of hydrogen-bond donors (Lipinski definition) is 1. The van der Waals surface area contributed by atoms with Gasteiger partial charge in [0.2, 0.25) is 5.88 Å². The van der Waals surface area contributed by atoms with Crippen LogP contribution in [-0.2, 0) is 4.79 Å². The smallest absolute Gasteiger partial charge is 0.314 e. The molecule has 2 aromatic carbocycles. The number of nitro groups is 1. The van der Waals surface area contributed by atoms with Crippen molar-refractivity contribution in [2.24, 2.45) is 17.6 Å². The first-order valence-electron chi connectivity index (χ1n) is 12.1. The Morgan fingerprint density at radius 3 is 2.69 bits per heavy atom. The maximum atomic E-state index is 12.8. The highest BCUT2D eigenvalue weighted by molar-refractivity contribution is 5.75. The summed E-state index contributed by atoms with van der Waals surface area (Å²) in [5.74, 6) is 0.325. The lowest BCUT2D eigenvalue weighted by Crippen LogP contribution is -2.26. The highest BCUT2D eigenvalue weighted by Crippen LogP contribution is 2.44. The van der Waals surface area contributed by atoms with Crippen LogP contribution < -0.4 is 15.2 Å². The molecule has 0 radical (unpaired) electrons. The molecule has 1 aliphatic heterocycles. The first-order chi connectivity index (χ1) is 16.9. The van der Waals surface area contributed by atoms with Crippen LogP contribution in [0.3, 0.4) is 0 Å². The van der Waals surface area contributed by atoms with Crippen molar-refractivity contribution in [3.63, 3.8) is 0 Å². The molecule has 35 heavy (non-hydrogen) atoms. The minimum atomic E-state index is -0.633. The number of fused-ring (bicyclic) bond motifs is 1. The molecule has 0 spiro atoms. The van der Waals surface area contributed by atoms with Gasteiger partial charge in [-0.2, -0.15) is 5.26 Å². The normalized spacial score (nSPS) is 21.4. The largest absolute Gasteiger partial charge is 0.440 e. The molecule has 182 valence electrons. The summed E-state index contributed by atoms with van der Waals surface area (Å²) in [5, 5.41) is 21.0. The van der Waals surface area contributed by atoms with E-state index in [1.54, 1.807) is 30.3 Å². The summed E-state index contributed by atoms with van der Waals surface area (Å²) in [6, 6.07) is 13.1. The van der Waals surface area contributed by atoms with E-state index in [1.807, 2.05) is 0 Å². The third-order valence-corrected chi connectivity index (χ3v) is 6.97. The van der Waals surface area contributed by atoms with Gasteiger partial charge in [0.1, 0.15) is 23.1 Å². The number of nitro benzene ring substituents is 1. The number of nitrogens with zero attached hydrogens (tertiary/aromatic N) is 2.